The number of rotatable bonds is 7. The predicted molar refractivity (Wildman–Crippen MR) is 48.7 cm³/mol. The van der Waals surface area contributed by atoms with Crippen LogP contribution >= 0.6 is 0 Å². The zero-order valence-corrected chi connectivity index (χ0v) is 7.42. The van der Waals surface area contributed by atoms with Gasteiger partial charge in [0, 0.05) is 6.54 Å². The molecule has 0 fully saturated rings. The molecule has 0 radical (unpaired) electrons. The summed E-state index contributed by atoms with van der Waals surface area (Å²) in [7, 11) is 0. The largest absolute Gasteiger partial charge is 0.359 e. The average Bonchev–Trinajstić information content (AvgIpc) is 2.15. The third kappa shape index (κ3) is 16.0. The van der Waals surface area contributed by atoms with Gasteiger partial charge in [-0.3, -0.25) is 4.79 Å². The van der Waals surface area contributed by atoms with E-state index in [0.717, 1.165) is 38.8 Å². The molecule has 3 N–H and O–H groups in total. The van der Waals surface area contributed by atoms with Gasteiger partial charge in [0.1, 0.15) is 6.79 Å². The highest BCUT2D eigenvalue weighted by Gasteiger charge is 1.86. The second-order valence-electron chi connectivity index (χ2n) is 2.27. The van der Waals surface area contributed by atoms with Crippen molar-refractivity contribution < 1.29 is 9.59 Å². The molecule has 0 unspecified atom stereocenters. The summed E-state index contributed by atoms with van der Waals surface area (Å²) >= 11 is 0. The summed E-state index contributed by atoms with van der Waals surface area (Å²) in [4.78, 5) is 17.8. The van der Waals surface area contributed by atoms with Crippen LogP contribution in [0, 0.1) is 0 Å². The van der Waals surface area contributed by atoms with Gasteiger partial charge in [-0.25, -0.2) is 0 Å². The molecule has 0 saturated carbocycles. The van der Waals surface area contributed by atoms with E-state index in [4.69, 9.17) is 10.5 Å². The van der Waals surface area contributed by atoms with E-state index in [0.29, 0.717) is 0 Å². The van der Waals surface area contributed by atoms with Crippen molar-refractivity contribution in [1.82, 2.24) is 5.32 Å². The fraction of sp³-hybridized carbons (Fsp3) is 0.750. The van der Waals surface area contributed by atoms with Gasteiger partial charge in [-0.2, -0.15) is 0 Å². The topological polar surface area (TPSA) is 72.2 Å². The first-order valence-electron chi connectivity index (χ1n) is 4.07. The lowest BCUT2D eigenvalue weighted by molar-refractivity contribution is -0.109. The summed E-state index contributed by atoms with van der Waals surface area (Å²) in [5, 5.41) is 2.61. The minimum Gasteiger partial charge on any atom is -0.359 e. The van der Waals surface area contributed by atoms with Crippen molar-refractivity contribution in [2.75, 3.05) is 13.1 Å². The molecule has 0 aliphatic heterocycles. The molecule has 0 aromatic heterocycles. The first-order valence-corrected chi connectivity index (χ1v) is 4.07. The molecule has 12 heavy (non-hydrogen) atoms. The number of nitrogens with two attached hydrogens (primary N) is 1. The van der Waals surface area contributed by atoms with Gasteiger partial charge in [-0.15, -0.1) is 0 Å². The quantitative estimate of drug-likeness (QED) is 0.423. The number of carbonyl (C=O) groups excluding carboxylic acids is 2. The van der Waals surface area contributed by atoms with Gasteiger partial charge in [0.15, 0.2) is 0 Å². The zero-order valence-electron chi connectivity index (χ0n) is 7.42. The van der Waals surface area contributed by atoms with Crippen molar-refractivity contribution in [2.45, 2.75) is 25.7 Å². The molecule has 0 aliphatic carbocycles. The molecule has 0 spiro atoms. The van der Waals surface area contributed by atoms with Crippen LogP contribution in [0.25, 0.3) is 0 Å². The number of nitrogens with one attached hydrogen (secondary N) is 1. The SMILES string of the molecule is C=O.NCCCCCCNC=O. The van der Waals surface area contributed by atoms with Crippen molar-refractivity contribution in [2.24, 2.45) is 5.73 Å². The van der Waals surface area contributed by atoms with Crippen LogP contribution in [-0.2, 0) is 9.59 Å². The molecule has 4 nitrogen and oxygen atoms in total. The summed E-state index contributed by atoms with van der Waals surface area (Å²) in [6.07, 6.45) is 5.25. The van der Waals surface area contributed by atoms with E-state index in [9.17, 15) is 4.79 Å². The zero-order chi connectivity index (χ0) is 9.66. The summed E-state index contributed by atoms with van der Waals surface area (Å²) < 4.78 is 0. The van der Waals surface area contributed by atoms with Gasteiger partial charge in [-0.1, -0.05) is 12.8 Å². The Bertz CT molecular complexity index is 89.1. The minimum absolute atomic E-state index is 0.739. The van der Waals surface area contributed by atoms with E-state index in [-0.39, 0.29) is 0 Å². The number of amides is 1. The summed E-state index contributed by atoms with van der Waals surface area (Å²) in [6, 6.07) is 0. The summed E-state index contributed by atoms with van der Waals surface area (Å²) in [5.41, 5.74) is 5.30. The van der Waals surface area contributed by atoms with E-state index in [1.54, 1.807) is 0 Å². The second kappa shape index (κ2) is 16.6. The highest BCUT2D eigenvalue weighted by atomic mass is 16.1. The molecule has 72 valence electrons. The Balaban J connectivity index is 0. The van der Waals surface area contributed by atoms with Crippen LogP contribution in [0.2, 0.25) is 0 Å². The van der Waals surface area contributed by atoms with Crippen molar-refractivity contribution in [3.63, 3.8) is 0 Å². The molecular formula is C8H18N2O2. The normalized spacial score (nSPS) is 8.08. The first-order chi connectivity index (χ1) is 5.91. The molecule has 0 aliphatic rings. The van der Waals surface area contributed by atoms with Crippen molar-refractivity contribution >= 4 is 13.2 Å². The van der Waals surface area contributed by atoms with Crippen LogP contribution in [0.3, 0.4) is 0 Å². The molecule has 0 heterocycles. The van der Waals surface area contributed by atoms with Gasteiger partial charge in [-0.05, 0) is 19.4 Å². The fourth-order valence-corrected chi connectivity index (χ4v) is 0.784. The van der Waals surface area contributed by atoms with Crippen LogP contribution in [-0.4, -0.2) is 26.3 Å². The van der Waals surface area contributed by atoms with E-state index < -0.39 is 0 Å². The van der Waals surface area contributed by atoms with Gasteiger partial charge in [0.2, 0.25) is 6.41 Å². The molecule has 0 rings (SSSR count). The van der Waals surface area contributed by atoms with Crippen LogP contribution in [0.1, 0.15) is 25.7 Å². The molecule has 1 amide bonds. The Morgan fingerprint density at radius 2 is 1.75 bits per heavy atom. The lowest BCUT2D eigenvalue weighted by Gasteiger charge is -1.97. The molecule has 0 bridgehead atoms. The maximum atomic E-state index is 9.76. The molecule has 0 aromatic carbocycles. The predicted octanol–water partition coefficient (Wildman–Crippen LogP) is 0.0666. The molecular weight excluding hydrogens is 156 g/mol. The summed E-state index contributed by atoms with van der Waals surface area (Å²) in [6.45, 7) is 3.58. The molecule has 0 atom stereocenters. The third-order valence-corrected chi connectivity index (χ3v) is 1.36. The first kappa shape index (κ1) is 13.7. The molecule has 0 saturated heterocycles. The van der Waals surface area contributed by atoms with Crippen LogP contribution in [0.4, 0.5) is 0 Å². The lowest BCUT2D eigenvalue weighted by Crippen LogP contribution is -2.11. The van der Waals surface area contributed by atoms with E-state index >= 15 is 0 Å². The summed E-state index contributed by atoms with van der Waals surface area (Å²) in [5.74, 6) is 0. The van der Waals surface area contributed by atoms with Gasteiger partial charge in [0.25, 0.3) is 0 Å². The molecule has 0 aromatic rings. The van der Waals surface area contributed by atoms with E-state index in [1.807, 2.05) is 6.79 Å². The number of carbonyl (C=O) groups is 2. The van der Waals surface area contributed by atoms with Crippen LogP contribution in [0.15, 0.2) is 0 Å². The van der Waals surface area contributed by atoms with Gasteiger partial charge < -0.3 is 15.8 Å². The van der Waals surface area contributed by atoms with Crippen molar-refractivity contribution in [3.05, 3.63) is 0 Å². The Kier molecular flexibility index (Phi) is 18.9. The molecule has 4 heteroatoms. The Hall–Kier alpha value is -0.900. The minimum atomic E-state index is 0.739. The highest BCUT2D eigenvalue weighted by molar-refractivity contribution is 5.45. The standard InChI is InChI=1S/C7H16N2O.CH2O/c8-5-3-1-2-4-6-9-7-10;1-2/h7H,1-6,8H2,(H,9,10);1H2. The van der Waals surface area contributed by atoms with Gasteiger partial charge >= 0.3 is 0 Å². The van der Waals surface area contributed by atoms with Crippen LogP contribution in [0.5, 0.6) is 0 Å². The third-order valence-electron chi connectivity index (χ3n) is 1.36. The van der Waals surface area contributed by atoms with Crippen molar-refractivity contribution in [3.8, 4) is 0 Å². The Labute approximate surface area is 73.5 Å². The van der Waals surface area contributed by atoms with Crippen molar-refractivity contribution in [1.29, 1.82) is 0 Å². The fourth-order valence-electron chi connectivity index (χ4n) is 0.784. The number of hydrogen-bond acceptors (Lipinski definition) is 3. The lowest BCUT2D eigenvalue weighted by atomic mass is 10.2. The smallest absolute Gasteiger partial charge is 0.207 e. The van der Waals surface area contributed by atoms with Gasteiger partial charge in [0.05, 0.1) is 0 Å². The van der Waals surface area contributed by atoms with Crippen LogP contribution < -0.4 is 11.1 Å². The second-order valence-corrected chi connectivity index (χ2v) is 2.27. The maximum Gasteiger partial charge on any atom is 0.207 e. The maximum absolute atomic E-state index is 9.76. The number of unbranched alkanes of at least 4 members (excludes halogenated alkanes) is 3. The monoisotopic (exact) mass is 174 g/mol. The Morgan fingerprint density at radius 1 is 1.17 bits per heavy atom. The highest BCUT2D eigenvalue weighted by Crippen LogP contribution is 1.96. The Morgan fingerprint density at radius 3 is 2.25 bits per heavy atom. The number of hydrogen-bond donors (Lipinski definition) is 2. The van der Waals surface area contributed by atoms with E-state index in [1.165, 1.54) is 6.42 Å². The van der Waals surface area contributed by atoms with E-state index in [2.05, 4.69) is 5.32 Å². The average molecular weight is 174 g/mol.